The average Bonchev–Trinajstić information content (AvgIpc) is 2.93. The van der Waals surface area contributed by atoms with E-state index < -0.39 is 10.0 Å². The SMILES string of the molecule is Cc1ccc(C)c(NS(=O)(=O)c2cc(C(=O)NC3CCCCCC3)ccc2C)c1. The molecule has 2 aromatic carbocycles. The number of carbonyl (C=O) groups excluding carboxylic acids is 1. The van der Waals surface area contributed by atoms with Gasteiger partial charge in [0.15, 0.2) is 0 Å². The van der Waals surface area contributed by atoms with Crippen LogP contribution in [0.25, 0.3) is 0 Å². The maximum atomic E-state index is 13.1. The van der Waals surface area contributed by atoms with Crippen molar-refractivity contribution in [1.29, 1.82) is 0 Å². The number of nitrogens with one attached hydrogen (secondary N) is 2. The number of rotatable bonds is 5. The van der Waals surface area contributed by atoms with Crippen LogP contribution in [0.1, 0.15) is 65.6 Å². The molecular weight excluding hydrogens is 384 g/mol. The van der Waals surface area contributed by atoms with Crippen LogP contribution in [0.3, 0.4) is 0 Å². The summed E-state index contributed by atoms with van der Waals surface area (Å²) < 4.78 is 28.8. The number of sulfonamides is 1. The van der Waals surface area contributed by atoms with Gasteiger partial charge in [-0.1, -0.05) is 43.9 Å². The Morgan fingerprint density at radius 1 is 0.897 bits per heavy atom. The van der Waals surface area contributed by atoms with E-state index >= 15 is 0 Å². The number of amides is 1. The summed E-state index contributed by atoms with van der Waals surface area (Å²) in [6.07, 6.45) is 6.64. The van der Waals surface area contributed by atoms with Crippen molar-refractivity contribution in [2.24, 2.45) is 0 Å². The molecule has 0 aromatic heterocycles. The van der Waals surface area contributed by atoms with E-state index in [2.05, 4.69) is 10.0 Å². The van der Waals surface area contributed by atoms with Gasteiger partial charge in [-0.05, 0) is 68.5 Å². The molecule has 0 atom stereocenters. The van der Waals surface area contributed by atoms with Crippen molar-refractivity contribution < 1.29 is 13.2 Å². The van der Waals surface area contributed by atoms with Crippen molar-refractivity contribution in [1.82, 2.24) is 5.32 Å². The Labute approximate surface area is 174 Å². The number of anilines is 1. The molecule has 0 spiro atoms. The van der Waals surface area contributed by atoms with E-state index in [1.54, 1.807) is 19.1 Å². The van der Waals surface area contributed by atoms with Crippen LogP contribution in [0.5, 0.6) is 0 Å². The lowest BCUT2D eigenvalue weighted by Gasteiger charge is -2.17. The minimum atomic E-state index is -3.81. The zero-order chi connectivity index (χ0) is 21.0. The highest BCUT2D eigenvalue weighted by Gasteiger charge is 2.21. The molecule has 0 heterocycles. The molecule has 3 rings (SSSR count). The molecular formula is C23H30N2O3S. The molecule has 1 saturated carbocycles. The Kier molecular flexibility index (Phi) is 6.63. The van der Waals surface area contributed by atoms with Crippen LogP contribution in [-0.4, -0.2) is 20.4 Å². The van der Waals surface area contributed by atoms with Crippen LogP contribution in [-0.2, 0) is 10.0 Å². The van der Waals surface area contributed by atoms with E-state index in [-0.39, 0.29) is 16.8 Å². The van der Waals surface area contributed by atoms with Gasteiger partial charge in [0, 0.05) is 11.6 Å². The van der Waals surface area contributed by atoms with E-state index in [1.807, 2.05) is 32.0 Å². The zero-order valence-electron chi connectivity index (χ0n) is 17.4. The summed E-state index contributed by atoms with van der Waals surface area (Å²) in [6, 6.07) is 10.7. The van der Waals surface area contributed by atoms with Gasteiger partial charge >= 0.3 is 0 Å². The van der Waals surface area contributed by atoms with Crippen molar-refractivity contribution in [3.05, 3.63) is 58.7 Å². The third-order valence-electron chi connectivity index (χ3n) is 5.57. The summed E-state index contributed by atoms with van der Waals surface area (Å²) in [7, 11) is -3.81. The molecule has 1 aliphatic rings. The Morgan fingerprint density at radius 2 is 1.55 bits per heavy atom. The summed E-state index contributed by atoms with van der Waals surface area (Å²) in [6.45, 7) is 5.52. The molecule has 0 bridgehead atoms. The van der Waals surface area contributed by atoms with Gasteiger partial charge in [-0.15, -0.1) is 0 Å². The third-order valence-corrected chi connectivity index (χ3v) is 7.08. The summed E-state index contributed by atoms with van der Waals surface area (Å²) >= 11 is 0. The van der Waals surface area contributed by atoms with Crippen LogP contribution in [0.2, 0.25) is 0 Å². The van der Waals surface area contributed by atoms with Gasteiger partial charge in [0.1, 0.15) is 0 Å². The first kappa shape index (κ1) is 21.4. The molecule has 1 amide bonds. The van der Waals surface area contributed by atoms with Gasteiger partial charge in [-0.25, -0.2) is 8.42 Å². The number of hydrogen-bond acceptors (Lipinski definition) is 3. The zero-order valence-corrected chi connectivity index (χ0v) is 18.2. The van der Waals surface area contributed by atoms with Gasteiger partial charge in [0.05, 0.1) is 10.6 Å². The fourth-order valence-electron chi connectivity index (χ4n) is 3.77. The number of hydrogen-bond donors (Lipinski definition) is 2. The highest BCUT2D eigenvalue weighted by Crippen LogP contribution is 2.24. The number of aryl methyl sites for hydroxylation is 3. The van der Waals surface area contributed by atoms with E-state index in [0.29, 0.717) is 16.8 Å². The molecule has 29 heavy (non-hydrogen) atoms. The lowest BCUT2D eigenvalue weighted by molar-refractivity contribution is 0.0933. The normalized spacial score (nSPS) is 15.6. The number of carbonyl (C=O) groups is 1. The molecule has 0 radical (unpaired) electrons. The standard InChI is InChI=1S/C23H30N2O3S/c1-16-10-11-17(2)21(14-16)25-29(27,28)22-15-19(13-12-18(22)3)23(26)24-20-8-6-4-5-7-9-20/h10-15,20,25H,4-9H2,1-3H3,(H,24,26). The minimum Gasteiger partial charge on any atom is -0.349 e. The molecule has 1 fully saturated rings. The molecule has 2 N–H and O–H groups in total. The van der Waals surface area contributed by atoms with Crippen LogP contribution in [0.4, 0.5) is 5.69 Å². The van der Waals surface area contributed by atoms with Gasteiger partial charge < -0.3 is 5.32 Å². The Bertz CT molecular complexity index is 991. The molecule has 5 nitrogen and oxygen atoms in total. The molecule has 0 unspecified atom stereocenters. The first-order valence-electron chi connectivity index (χ1n) is 10.3. The van der Waals surface area contributed by atoms with Gasteiger partial charge in [0.2, 0.25) is 0 Å². The van der Waals surface area contributed by atoms with E-state index in [4.69, 9.17) is 0 Å². The van der Waals surface area contributed by atoms with E-state index in [0.717, 1.165) is 36.8 Å². The molecule has 6 heteroatoms. The predicted octanol–water partition coefficient (Wildman–Crippen LogP) is 4.87. The van der Waals surface area contributed by atoms with Crippen LogP contribution >= 0.6 is 0 Å². The van der Waals surface area contributed by atoms with Crippen LogP contribution in [0, 0.1) is 20.8 Å². The Morgan fingerprint density at radius 3 is 2.24 bits per heavy atom. The Balaban J connectivity index is 1.83. The monoisotopic (exact) mass is 414 g/mol. The van der Waals surface area contributed by atoms with Gasteiger partial charge in [0.25, 0.3) is 15.9 Å². The van der Waals surface area contributed by atoms with Crippen molar-refractivity contribution in [2.45, 2.75) is 70.2 Å². The molecule has 1 aliphatic carbocycles. The molecule has 0 saturated heterocycles. The average molecular weight is 415 g/mol. The van der Waals surface area contributed by atoms with Crippen molar-refractivity contribution >= 4 is 21.6 Å². The fourth-order valence-corrected chi connectivity index (χ4v) is 5.16. The van der Waals surface area contributed by atoms with Crippen molar-refractivity contribution in [3.63, 3.8) is 0 Å². The summed E-state index contributed by atoms with van der Waals surface area (Å²) in [4.78, 5) is 12.9. The topological polar surface area (TPSA) is 75.3 Å². The van der Waals surface area contributed by atoms with Crippen molar-refractivity contribution in [3.8, 4) is 0 Å². The number of benzene rings is 2. The predicted molar refractivity (Wildman–Crippen MR) is 117 cm³/mol. The molecule has 2 aromatic rings. The lowest BCUT2D eigenvalue weighted by Crippen LogP contribution is -2.34. The highest BCUT2D eigenvalue weighted by atomic mass is 32.2. The van der Waals surface area contributed by atoms with E-state index in [9.17, 15) is 13.2 Å². The fraction of sp³-hybridized carbons (Fsp3) is 0.435. The highest BCUT2D eigenvalue weighted by molar-refractivity contribution is 7.92. The first-order valence-corrected chi connectivity index (χ1v) is 11.8. The largest absolute Gasteiger partial charge is 0.349 e. The summed E-state index contributed by atoms with van der Waals surface area (Å²) in [5.41, 5.74) is 3.35. The minimum absolute atomic E-state index is 0.131. The quantitative estimate of drug-likeness (QED) is 0.686. The van der Waals surface area contributed by atoms with Crippen LogP contribution in [0.15, 0.2) is 41.3 Å². The molecule has 156 valence electrons. The maximum absolute atomic E-state index is 13.1. The second kappa shape index (κ2) is 8.99. The smallest absolute Gasteiger partial charge is 0.262 e. The lowest BCUT2D eigenvalue weighted by atomic mass is 10.1. The Hall–Kier alpha value is -2.34. The first-order chi connectivity index (χ1) is 13.8. The molecule has 0 aliphatic heterocycles. The van der Waals surface area contributed by atoms with Gasteiger partial charge in [-0.2, -0.15) is 0 Å². The van der Waals surface area contributed by atoms with Crippen LogP contribution < -0.4 is 10.0 Å². The van der Waals surface area contributed by atoms with E-state index in [1.165, 1.54) is 18.9 Å². The van der Waals surface area contributed by atoms with Crippen molar-refractivity contribution in [2.75, 3.05) is 4.72 Å². The second-order valence-corrected chi connectivity index (χ2v) is 9.72. The summed E-state index contributed by atoms with van der Waals surface area (Å²) in [5, 5.41) is 3.09. The second-order valence-electron chi connectivity index (χ2n) is 8.07. The van der Waals surface area contributed by atoms with Gasteiger partial charge in [-0.3, -0.25) is 9.52 Å². The maximum Gasteiger partial charge on any atom is 0.262 e. The summed E-state index contributed by atoms with van der Waals surface area (Å²) in [5.74, 6) is -0.208. The third kappa shape index (κ3) is 5.38.